The molecule has 0 heterocycles. The van der Waals surface area contributed by atoms with Crippen molar-refractivity contribution in [2.45, 2.75) is 70.5 Å². The quantitative estimate of drug-likeness (QED) is 0.138. The highest BCUT2D eigenvalue weighted by Crippen LogP contribution is 2.09. The molecule has 0 aliphatic rings. The predicted molar refractivity (Wildman–Crippen MR) is 112 cm³/mol. The van der Waals surface area contributed by atoms with E-state index in [9.17, 15) is 29.1 Å². The molecule has 178 valence electrons. The third-order valence-electron chi connectivity index (χ3n) is 4.80. The van der Waals surface area contributed by atoms with Gasteiger partial charge in [-0.05, 0) is 31.7 Å². The standard InChI is InChI=1S/C19H35N5O7/c1-3-11(2)16(18(29)23-13(19(30)31)7-8-15(26)27)24-14(25)10-22-17(28)12(21)6-4-5-9-20/h11-13,16H,3-10,20-21H2,1-2H3,(H,22,28)(H,23,29)(H,24,25)(H,26,27)(H,30,31). The maximum atomic E-state index is 12.6. The second-order valence-corrected chi connectivity index (χ2v) is 7.37. The second-order valence-electron chi connectivity index (χ2n) is 7.37. The van der Waals surface area contributed by atoms with Crippen LogP contribution in [0.4, 0.5) is 0 Å². The second kappa shape index (κ2) is 15.1. The maximum absolute atomic E-state index is 12.6. The van der Waals surface area contributed by atoms with Gasteiger partial charge in [-0.15, -0.1) is 0 Å². The van der Waals surface area contributed by atoms with Gasteiger partial charge in [-0.1, -0.05) is 26.7 Å². The number of aliphatic carboxylic acids is 2. The minimum atomic E-state index is -1.40. The molecule has 0 fully saturated rings. The summed E-state index contributed by atoms with van der Waals surface area (Å²) in [5, 5.41) is 25.1. The zero-order valence-electron chi connectivity index (χ0n) is 18.1. The van der Waals surface area contributed by atoms with Crippen LogP contribution >= 0.6 is 0 Å². The summed E-state index contributed by atoms with van der Waals surface area (Å²) in [7, 11) is 0. The van der Waals surface area contributed by atoms with Crippen LogP contribution in [0, 0.1) is 5.92 Å². The SMILES string of the molecule is CCC(C)C(NC(=O)CNC(=O)C(N)CCCCN)C(=O)NC(CCC(=O)O)C(=O)O. The molecule has 4 atom stereocenters. The third kappa shape index (κ3) is 11.9. The normalized spacial score (nSPS) is 14.6. The Kier molecular flexibility index (Phi) is 13.8. The molecule has 0 saturated heterocycles. The zero-order valence-corrected chi connectivity index (χ0v) is 18.1. The molecule has 0 radical (unpaired) electrons. The van der Waals surface area contributed by atoms with Crippen molar-refractivity contribution in [3.05, 3.63) is 0 Å². The Morgan fingerprint density at radius 3 is 2.13 bits per heavy atom. The Morgan fingerprint density at radius 1 is 0.968 bits per heavy atom. The van der Waals surface area contributed by atoms with Gasteiger partial charge in [0.25, 0.3) is 0 Å². The number of nitrogens with one attached hydrogen (secondary N) is 3. The molecular formula is C19H35N5O7. The van der Waals surface area contributed by atoms with E-state index in [1.54, 1.807) is 13.8 Å². The smallest absolute Gasteiger partial charge is 0.326 e. The first-order valence-corrected chi connectivity index (χ1v) is 10.3. The first kappa shape index (κ1) is 28.3. The van der Waals surface area contributed by atoms with Gasteiger partial charge in [0.1, 0.15) is 12.1 Å². The highest BCUT2D eigenvalue weighted by atomic mass is 16.4. The number of nitrogens with two attached hydrogens (primary N) is 2. The van der Waals surface area contributed by atoms with Crippen LogP contribution in [0.5, 0.6) is 0 Å². The number of carbonyl (C=O) groups excluding carboxylic acids is 3. The Bertz CT molecular complexity index is 629. The summed E-state index contributed by atoms with van der Waals surface area (Å²) in [4.78, 5) is 58.8. The molecule has 31 heavy (non-hydrogen) atoms. The van der Waals surface area contributed by atoms with Crippen molar-refractivity contribution in [2.24, 2.45) is 17.4 Å². The molecular weight excluding hydrogens is 410 g/mol. The van der Waals surface area contributed by atoms with Crippen molar-refractivity contribution in [1.82, 2.24) is 16.0 Å². The van der Waals surface area contributed by atoms with Gasteiger partial charge in [-0.2, -0.15) is 0 Å². The van der Waals surface area contributed by atoms with Gasteiger partial charge in [0.05, 0.1) is 12.6 Å². The summed E-state index contributed by atoms with van der Waals surface area (Å²) in [6.07, 6.45) is 1.61. The van der Waals surface area contributed by atoms with Crippen LogP contribution < -0.4 is 27.4 Å². The van der Waals surface area contributed by atoms with Gasteiger partial charge in [0.15, 0.2) is 0 Å². The molecule has 4 unspecified atom stereocenters. The molecule has 0 aromatic carbocycles. The molecule has 0 spiro atoms. The largest absolute Gasteiger partial charge is 0.481 e. The van der Waals surface area contributed by atoms with E-state index in [1.165, 1.54) is 0 Å². The van der Waals surface area contributed by atoms with E-state index in [-0.39, 0.29) is 12.3 Å². The Morgan fingerprint density at radius 2 is 1.61 bits per heavy atom. The van der Waals surface area contributed by atoms with Gasteiger partial charge < -0.3 is 37.6 Å². The van der Waals surface area contributed by atoms with E-state index >= 15 is 0 Å². The van der Waals surface area contributed by atoms with Crippen LogP contribution in [-0.4, -0.2) is 71.1 Å². The van der Waals surface area contributed by atoms with Crippen LogP contribution in [0.2, 0.25) is 0 Å². The number of carboxylic acids is 2. The van der Waals surface area contributed by atoms with Gasteiger partial charge in [0.2, 0.25) is 17.7 Å². The van der Waals surface area contributed by atoms with Crippen molar-refractivity contribution >= 4 is 29.7 Å². The van der Waals surface area contributed by atoms with Crippen molar-refractivity contribution in [2.75, 3.05) is 13.1 Å². The molecule has 0 aromatic rings. The lowest BCUT2D eigenvalue weighted by Crippen LogP contribution is -2.55. The Balaban J connectivity index is 4.87. The average molecular weight is 446 g/mol. The first-order valence-electron chi connectivity index (χ1n) is 10.3. The topological polar surface area (TPSA) is 214 Å². The Labute approximate surface area is 181 Å². The minimum Gasteiger partial charge on any atom is -0.481 e. The highest BCUT2D eigenvalue weighted by molar-refractivity contribution is 5.92. The fourth-order valence-corrected chi connectivity index (χ4v) is 2.65. The van der Waals surface area contributed by atoms with Crippen LogP contribution in [0.25, 0.3) is 0 Å². The van der Waals surface area contributed by atoms with Gasteiger partial charge >= 0.3 is 11.9 Å². The summed E-state index contributed by atoms with van der Waals surface area (Å²) in [6, 6.07) is -3.24. The van der Waals surface area contributed by atoms with Crippen molar-refractivity contribution in [3.8, 4) is 0 Å². The van der Waals surface area contributed by atoms with Gasteiger partial charge in [0, 0.05) is 6.42 Å². The summed E-state index contributed by atoms with van der Waals surface area (Å²) >= 11 is 0. The van der Waals surface area contributed by atoms with Crippen LogP contribution in [0.1, 0.15) is 52.4 Å². The Hall–Kier alpha value is -2.73. The summed E-state index contributed by atoms with van der Waals surface area (Å²) in [5.41, 5.74) is 11.1. The lowest BCUT2D eigenvalue weighted by Gasteiger charge is -2.25. The fourth-order valence-electron chi connectivity index (χ4n) is 2.65. The molecule has 0 aromatic heterocycles. The van der Waals surface area contributed by atoms with Crippen molar-refractivity contribution in [1.29, 1.82) is 0 Å². The number of hydrogen-bond donors (Lipinski definition) is 7. The van der Waals surface area contributed by atoms with Crippen LogP contribution in [-0.2, 0) is 24.0 Å². The molecule has 12 nitrogen and oxygen atoms in total. The number of carboxylic acid groups (broad SMARTS) is 2. The lowest BCUT2D eigenvalue weighted by molar-refractivity contribution is -0.143. The molecule has 9 N–H and O–H groups in total. The highest BCUT2D eigenvalue weighted by Gasteiger charge is 2.30. The number of unbranched alkanes of at least 4 members (excludes halogenated alkanes) is 1. The maximum Gasteiger partial charge on any atom is 0.326 e. The van der Waals surface area contributed by atoms with Gasteiger partial charge in [-0.25, -0.2) is 4.79 Å². The van der Waals surface area contributed by atoms with E-state index in [0.29, 0.717) is 25.8 Å². The van der Waals surface area contributed by atoms with E-state index in [0.717, 1.165) is 6.42 Å². The minimum absolute atomic E-state index is 0.296. The van der Waals surface area contributed by atoms with E-state index in [2.05, 4.69) is 16.0 Å². The number of amides is 3. The summed E-state index contributed by atoms with van der Waals surface area (Å²) < 4.78 is 0. The van der Waals surface area contributed by atoms with Crippen LogP contribution in [0.3, 0.4) is 0 Å². The zero-order chi connectivity index (χ0) is 24.0. The van der Waals surface area contributed by atoms with Crippen molar-refractivity contribution < 1.29 is 34.2 Å². The summed E-state index contributed by atoms with van der Waals surface area (Å²) in [6.45, 7) is 3.59. The fraction of sp³-hybridized carbons (Fsp3) is 0.737. The first-order chi connectivity index (χ1) is 14.5. The van der Waals surface area contributed by atoms with Crippen LogP contribution in [0.15, 0.2) is 0 Å². The number of rotatable bonds is 16. The third-order valence-corrected chi connectivity index (χ3v) is 4.80. The lowest BCUT2D eigenvalue weighted by atomic mass is 9.97. The van der Waals surface area contributed by atoms with E-state index < -0.39 is 60.8 Å². The van der Waals surface area contributed by atoms with E-state index in [1.807, 2.05) is 0 Å². The molecule has 0 saturated carbocycles. The molecule has 0 aliphatic heterocycles. The monoisotopic (exact) mass is 445 g/mol. The van der Waals surface area contributed by atoms with E-state index in [4.69, 9.17) is 16.6 Å². The number of carbonyl (C=O) groups is 5. The van der Waals surface area contributed by atoms with Crippen molar-refractivity contribution in [3.63, 3.8) is 0 Å². The van der Waals surface area contributed by atoms with Gasteiger partial charge in [-0.3, -0.25) is 19.2 Å². The molecule has 0 aliphatic carbocycles. The molecule has 0 bridgehead atoms. The molecule has 12 heteroatoms. The molecule has 0 rings (SSSR count). The molecule has 3 amide bonds. The predicted octanol–water partition coefficient (Wildman–Crippen LogP) is -1.48. The average Bonchev–Trinajstić information content (AvgIpc) is 2.71. The number of hydrogen-bond acceptors (Lipinski definition) is 7. The summed E-state index contributed by atoms with van der Waals surface area (Å²) in [5.74, 6) is -4.79.